The van der Waals surface area contributed by atoms with Crippen LogP contribution in [0, 0.1) is 0 Å². The summed E-state index contributed by atoms with van der Waals surface area (Å²) in [5.74, 6) is -0.173. The number of fused-ring (bicyclic) bond motifs is 2. The first-order valence-electron chi connectivity index (χ1n) is 8.89. The van der Waals surface area contributed by atoms with E-state index in [-0.39, 0.29) is 17.6 Å². The fraction of sp³-hybridized carbons (Fsp3) is 0.217. The quantitative estimate of drug-likeness (QED) is 0.739. The predicted octanol–water partition coefficient (Wildman–Crippen LogP) is 4.81. The van der Waals surface area contributed by atoms with Crippen molar-refractivity contribution in [2.75, 3.05) is 5.32 Å². The number of carbonyl (C=O) groups excluding carboxylic acids is 2. The Kier molecular flexibility index (Phi) is 3.87. The molecule has 0 saturated heterocycles. The minimum atomic E-state index is -0.773. The molecular formula is C23H21NO2. The minimum Gasteiger partial charge on any atom is -0.325 e. The highest BCUT2D eigenvalue weighted by Crippen LogP contribution is 2.48. The molecule has 26 heavy (non-hydrogen) atoms. The fourth-order valence-corrected chi connectivity index (χ4v) is 4.13. The Hall–Kier alpha value is -2.94. The lowest BCUT2D eigenvalue weighted by Crippen LogP contribution is -2.38. The summed E-state index contributed by atoms with van der Waals surface area (Å²) in [6.07, 6.45) is 0.330. The van der Waals surface area contributed by atoms with Crippen molar-refractivity contribution < 1.29 is 9.59 Å². The van der Waals surface area contributed by atoms with E-state index < -0.39 is 5.41 Å². The number of nitrogens with one attached hydrogen (secondary N) is 1. The lowest BCUT2D eigenvalue weighted by atomic mass is 9.67. The molecule has 0 fully saturated rings. The summed E-state index contributed by atoms with van der Waals surface area (Å²) in [5, 5.41) is 5.27. The molecule has 0 aliphatic carbocycles. The second-order valence-electron chi connectivity index (χ2n) is 7.27. The Morgan fingerprint density at radius 2 is 1.69 bits per heavy atom. The van der Waals surface area contributed by atoms with Gasteiger partial charge in [-0.1, -0.05) is 60.7 Å². The molecule has 2 atom stereocenters. The Morgan fingerprint density at radius 3 is 2.46 bits per heavy atom. The number of Topliss-reactive ketones (excluding diaryl/α,β-unsaturated/α-hetero) is 1. The van der Waals surface area contributed by atoms with E-state index in [1.165, 1.54) is 0 Å². The van der Waals surface area contributed by atoms with Crippen LogP contribution in [0.5, 0.6) is 0 Å². The van der Waals surface area contributed by atoms with Gasteiger partial charge in [-0.05, 0) is 41.8 Å². The number of benzene rings is 3. The molecule has 1 N–H and O–H groups in total. The number of rotatable bonds is 4. The molecule has 0 radical (unpaired) electrons. The zero-order chi connectivity index (χ0) is 18.3. The van der Waals surface area contributed by atoms with Crippen LogP contribution >= 0.6 is 0 Å². The van der Waals surface area contributed by atoms with Gasteiger partial charge in [0.25, 0.3) is 0 Å². The molecule has 3 aromatic rings. The highest BCUT2D eigenvalue weighted by atomic mass is 16.2. The third-order valence-electron chi connectivity index (χ3n) is 5.57. The first-order valence-corrected chi connectivity index (χ1v) is 8.89. The van der Waals surface area contributed by atoms with Crippen LogP contribution in [0.1, 0.15) is 37.3 Å². The number of anilines is 1. The zero-order valence-electron chi connectivity index (χ0n) is 15.0. The molecule has 0 spiro atoms. The van der Waals surface area contributed by atoms with Gasteiger partial charge < -0.3 is 10.1 Å². The summed E-state index contributed by atoms with van der Waals surface area (Å²) in [6, 6.07) is 22.2. The van der Waals surface area contributed by atoms with Crippen molar-refractivity contribution in [3.8, 4) is 0 Å². The third kappa shape index (κ3) is 2.51. The second kappa shape index (κ2) is 6.10. The molecule has 1 heterocycles. The van der Waals surface area contributed by atoms with Crippen molar-refractivity contribution in [2.45, 2.75) is 31.6 Å². The molecule has 0 bridgehead atoms. The van der Waals surface area contributed by atoms with E-state index in [4.69, 9.17) is 0 Å². The molecule has 3 heteroatoms. The van der Waals surface area contributed by atoms with Crippen molar-refractivity contribution in [1.82, 2.24) is 0 Å². The van der Waals surface area contributed by atoms with Crippen molar-refractivity contribution in [3.63, 3.8) is 0 Å². The third-order valence-corrected chi connectivity index (χ3v) is 5.57. The number of para-hydroxylation sites is 1. The maximum absolute atomic E-state index is 13.0. The van der Waals surface area contributed by atoms with E-state index in [1.807, 2.05) is 43.3 Å². The smallest absolute Gasteiger partial charge is 0.235 e. The normalized spacial score (nSPS) is 19.8. The highest BCUT2D eigenvalue weighted by Gasteiger charge is 2.49. The molecule has 0 aromatic heterocycles. The SMILES string of the molecule is CC(=O)C[C@H](c1ccc2ccccc2c1)[C@]1(C)C(=O)Nc2ccccc21. The van der Waals surface area contributed by atoms with Gasteiger partial charge in [0.2, 0.25) is 5.91 Å². The van der Waals surface area contributed by atoms with E-state index in [1.54, 1.807) is 6.92 Å². The Labute approximate surface area is 153 Å². The highest BCUT2D eigenvalue weighted by molar-refractivity contribution is 6.07. The maximum Gasteiger partial charge on any atom is 0.235 e. The van der Waals surface area contributed by atoms with Gasteiger partial charge in [-0.2, -0.15) is 0 Å². The van der Waals surface area contributed by atoms with Crippen molar-refractivity contribution >= 4 is 28.2 Å². The van der Waals surface area contributed by atoms with E-state index in [0.29, 0.717) is 6.42 Å². The van der Waals surface area contributed by atoms with Crippen molar-refractivity contribution in [1.29, 1.82) is 0 Å². The molecule has 0 unspecified atom stereocenters. The first-order chi connectivity index (χ1) is 12.5. The summed E-state index contributed by atoms with van der Waals surface area (Å²) >= 11 is 0. The zero-order valence-corrected chi connectivity index (χ0v) is 15.0. The summed E-state index contributed by atoms with van der Waals surface area (Å²) in [5.41, 5.74) is 2.05. The van der Waals surface area contributed by atoms with Crippen LogP contribution in [0.25, 0.3) is 10.8 Å². The molecule has 3 aromatic carbocycles. The average molecular weight is 343 g/mol. The van der Waals surface area contributed by atoms with Crippen LogP contribution in [0.15, 0.2) is 66.7 Å². The topological polar surface area (TPSA) is 46.2 Å². The van der Waals surface area contributed by atoms with E-state index in [2.05, 4.69) is 35.6 Å². The largest absolute Gasteiger partial charge is 0.325 e. The first kappa shape index (κ1) is 16.5. The van der Waals surface area contributed by atoms with Gasteiger partial charge in [0, 0.05) is 18.0 Å². The van der Waals surface area contributed by atoms with Crippen molar-refractivity contribution in [3.05, 3.63) is 77.9 Å². The lowest BCUT2D eigenvalue weighted by molar-refractivity contribution is -0.122. The summed E-state index contributed by atoms with van der Waals surface area (Å²) in [6.45, 7) is 3.55. The van der Waals surface area contributed by atoms with Crippen LogP contribution in [-0.4, -0.2) is 11.7 Å². The van der Waals surface area contributed by atoms with Gasteiger partial charge in [-0.3, -0.25) is 4.79 Å². The fourth-order valence-electron chi connectivity index (χ4n) is 4.13. The van der Waals surface area contributed by atoms with E-state index in [9.17, 15) is 9.59 Å². The van der Waals surface area contributed by atoms with Gasteiger partial charge in [0.15, 0.2) is 0 Å². The standard InChI is InChI=1S/C23H21NO2/c1-15(25)13-20(18-12-11-16-7-3-4-8-17(16)14-18)23(2)19-9-5-6-10-21(19)24-22(23)26/h3-12,14,20H,13H2,1-2H3,(H,24,26)/t20-,23-/m1/s1. The molecule has 1 amide bonds. The molecular weight excluding hydrogens is 322 g/mol. The Balaban J connectivity index is 1.89. The Bertz CT molecular complexity index is 1020. The van der Waals surface area contributed by atoms with Crippen LogP contribution in [0.3, 0.4) is 0 Å². The van der Waals surface area contributed by atoms with Crippen LogP contribution < -0.4 is 5.32 Å². The maximum atomic E-state index is 13.0. The number of carbonyl (C=O) groups is 2. The van der Waals surface area contributed by atoms with Gasteiger partial charge >= 0.3 is 0 Å². The number of amides is 1. The number of hydrogen-bond acceptors (Lipinski definition) is 2. The summed E-state index contributed by atoms with van der Waals surface area (Å²) < 4.78 is 0. The average Bonchev–Trinajstić information content (AvgIpc) is 2.91. The molecule has 0 saturated carbocycles. The molecule has 130 valence electrons. The summed E-state index contributed by atoms with van der Waals surface area (Å²) in [4.78, 5) is 25.1. The molecule has 1 aliphatic rings. The lowest BCUT2D eigenvalue weighted by Gasteiger charge is -2.32. The predicted molar refractivity (Wildman–Crippen MR) is 104 cm³/mol. The van der Waals surface area contributed by atoms with E-state index in [0.717, 1.165) is 27.6 Å². The van der Waals surface area contributed by atoms with Crippen LogP contribution in [0.4, 0.5) is 5.69 Å². The van der Waals surface area contributed by atoms with Crippen LogP contribution in [0.2, 0.25) is 0 Å². The van der Waals surface area contributed by atoms with Gasteiger partial charge in [-0.25, -0.2) is 0 Å². The minimum absolute atomic E-state index is 0.0434. The van der Waals surface area contributed by atoms with Crippen LogP contribution in [-0.2, 0) is 15.0 Å². The monoisotopic (exact) mass is 343 g/mol. The molecule has 3 nitrogen and oxygen atoms in total. The molecule has 4 rings (SSSR count). The summed E-state index contributed by atoms with van der Waals surface area (Å²) in [7, 11) is 0. The van der Waals surface area contributed by atoms with Gasteiger partial charge in [0.1, 0.15) is 5.78 Å². The van der Waals surface area contributed by atoms with Gasteiger partial charge in [0.05, 0.1) is 5.41 Å². The number of ketones is 1. The van der Waals surface area contributed by atoms with Crippen molar-refractivity contribution in [2.24, 2.45) is 0 Å². The van der Waals surface area contributed by atoms with E-state index >= 15 is 0 Å². The molecule has 1 aliphatic heterocycles. The van der Waals surface area contributed by atoms with Gasteiger partial charge in [-0.15, -0.1) is 0 Å². The Morgan fingerprint density at radius 1 is 1.00 bits per heavy atom. The number of hydrogen-bond donors (Lipinski definition) is 1. The second-order valence-corrected chi connectivity index (χ2v) is 7.27.